The van der Waals surface area contributed by atoms with E-state index in [1.165, 1.54) is 0 Å². The van der Waals surface area contributed by atoms with Crippen LogP contribution < -0.4 is 5.73 Å². The fourth-order valence-electron chi connectivity index (χ4n) is 1.69. The molecule has 0 saturated carbocycles. The first-order valence-electron chi connectivity index (χ1n) is 6.05. The maximum absolute atomic E-state index is 12.1. The highest BCUT2D eigenvalue weighted by molar-refractivity contribution is 9.10. The maximum atomic E-state index is 12.1. The van der Waals surface area contributed by atoms with Gasteiger partial charge in [0.05, 0.1) is 6.42 Å². The molecular weight excluding hydrogens is 310 g/mol. The van der Waals surface area contributed by atoms with Gasteiger partial charge in [0.25, 0.3) is 0 Å². The minimum atomic E-state index is 0.0336. The van der Waals surface area contributed by atoms with E-state index in [4.69, 9.17) is 10.9 Å². The Hall–Kier alpha value is -1.56. The summed E-state index contributed by atoms with van der Waals surface area (Å²) < 4.78 is 0.956. The van der Waals surface area contributed by atoms with Gasteiger partial charge in [0, 0.05) is 24.0 Å². The van der Waals surface area contributed by atoms with Crippen LogP contribution in [0.5, 0.6) is 0 Å². The molecule has 104 valence electrons. The number of rotatable bonds is 6. The van der Waals surface area contributed by atoms with Gasteiger partial charge in [-0.05, 0) is 24.6 Å². The first-order chi connectivity index (χ1) is 9.06. The van der Waals surface area contributed by atoms with Gasteiger partial charge in [0.15, 0.2) is 0 Å². The minimum absolute atomic E-state index is 0.0336. The Morgan fingerprint density at radius 1 is 1.53 bits per heavy atom. The maximum Gasteiger partial charge on any atom is 0.226 e. The summed E-state index contributed by atoms with van der Waals surface area (Å²) in [6.45, 7) is 2.97. The highest BCUT2D eigenvalue weighted by Crippen LogP contribution is 2.13. The van der Waals surface area contributed by atoms with Crippen LogP contribution in [0, 0.1) is 0 Å². The summed E-state index contributed by atoms with van der Waals surface area (Å²) in [7, 11) is 0. The summed E-state index contributed by atoms with van der Waals surface area (Å²) in [4.78, 5) is 13.8. The molecule has 0 radical (unpaired) electrons. The van der Waals surface area contributed by atoms with Crippen LogP contribution in [0.4, 0.5) is 0 Å². The number of likely N-dealkylation sites (N-methyl/N-ethyl adjacent to an activating group) is 1. The number of hydrogen-bond donors (Lipinski definition) is 2. The van der Waals surface area contributed by atoms with Gasteiger partial charge in [0.1, 0.15) is 5.84 Å². The van der Waals surface area contributed by atoms with Crippen molar-refractivity contribution in [3.8, 4) is 0 Å². The molecule has 0 spiro atoms. The zero-order valence-electron chi connectivity index (χ0n) is 10.8. The van der Waals surface area contributed by atoms with Gasteiger partial charge in [-0.15, -0.1) is 0 Å². The van der Waals surface area contributed by atoms with Gasteiger partial charge in [-0.1, -0.05) is 33.2 Å². The summed E-state index contributed by atoms with van der Waals surface area (Å²) in [6.07, 6.45) is 0.720. The molecule has 1 aromatic carbocycles. The molecule has 0 fully saturated rings. The number of halogens is 1. The number of carbonyl (C=O) groups excluding carboxylic acids is 1. The summed E-state index contributed by atoms with van der Waals surface area (Å²) in [5, 5.41) is 11.4. The second-order valence-corrected chi connectivity index (χ2v) is 5.04. The van der Waals surface area contributed by atoms with Crippen LogP contribution in [0.25, 0.3) is 0 Å². The number of amides is 1. The van der Waals surface area contributed by atoms with Crippen molar-refractivity contribution in [1.82, 2.24) is 4.90 Å². The Bertz CT molecular complexity index is 463. The van der Waals surface area contributed by atoms with E-state index in [0.29, 0.717) is 25.9 Å². The minimum Gasteiger partial charge on any atom is -0.409 e. The lowest BCUT2D eigenvalue weighted by molar-refractivity contribution is -0.130. The molecule has 0 bridgehead atoms. The topological polar surface area (TPSA) is 78.9 Å². The molecule has 0 unspecified atom stereocenters. The van der Waals surface area contributed by atoms with E-state index in [1.807, 2.05) is 31.2 Å². The second kappa shape index (κ2) is 7.78. The van der Waals surface area contributed by atoms with Crippen LogP contribution >= 0.6 is 15.9 Å². The van der Waals surface area contributed by atoms with Crippen molar-refractivity contribution in [3.63, 3.8) is 0 Å². The van der Waals surface area contributed by atoms with Crippen molar-refractivity contribution < 1.29 is 10.0 Å². The Kier molecular flexibility index (Phi) is 6.35. The zero-order chi connectivity index (χ0) is 14.3. The summed E-state index contributed by atoms with van der Waals surface area (Å²) in [6, 6.07) is 7.67. The predicted molar refractivity (Wildman–Crippen MR) is 78.1 cm³/mol. The number of nitrogens with two attached hydrogens (primary N) is 1. The molecule has 0 aliphatic heterocycles. The number of amidine groups is 1. The third-order valence-corrected chi connectivity index (χ3v) is 3.24. The molecule has 5 nitrogen and oxygen atoms in total. The first kappa shape index (κ1) is 15.5. The molecule has 0 aliphatic rings. The van der Waals surface area contributed by atoms with Gasteiger partial charge in [-0.3, -0.25) is 4.79 Å². The quantitative estimate of drug-likeness (QED) is 0.363. The number of oxime groups is 1. The largest absolute Gasteiger partial charge is 0.409 e. The highest BCUT2D eigenvalue weighted by Gasteiger charge is 2.12. The molecule has 0 aromatic heterocycles. The molecule has 3 N–H and O–H groups in total. The van der Waals surface area contributed by atoms with Crippen molar-refractivity contribution in [3.05, 3.63) is 34.3 Å². The number of benzene rings is 1. The fraction of sp³-hybridized carbons (Fsp3) is 0.385. The second-order valence-electron chi connectivity index (χ2n) is 4.12. The monoisotopic (exact) mass is 327 g/mol. The van der Waals surface area contributed by atoms with Crippen LogP contribution in [-0.4, -0.2) is 34.9 Å². The van der Waals surface area contributed by atoms with E-state index in [0.717, 1.165) is 10.0 Å². The Balaban J connectivity index is 2.59. The molecule has 0 heterocycles. The van der Waals surface area contributed by atoms with Gasteiger partial charge < -0.3 is 15.8 Å². The third kappa shape index (κ3) is 5.30. The molecule has 6 heteroatoms. The van der Waals surface area contributed by atoms with Crippen molar-refractivity contribution in [2.45, 2.75) is 19.8 Å². The van der Waals surface area contributed by atoms with Gasteiger partial charge >= 0.3 is 0 Å². The average molecular weight is 328 g/mol. The summed E-state index contributed by atoms with van der Waals surface area (Å²) >= 11 is 3.38. The standard InChI is InChI=1S/C13H18BrN3O2/c1-2-17(7-6-12(15)16-19)13(18)9-10-4-3-5-11(14)8-10/h3-5,8,19H,2,6-7,9H2,1H3,(H2,15,16). The van der Waals surface area contributed by atoms with E-state index < -0.39 is 0 Å². The average Bonchev–Trinajstić information content (AvgIpc) is 2.39. The van der Waals surface area contributed by atoms with Crippen LogP contribution in [0.2, 0.25) is 0 Å². The van der Waals surface area contributed by atoms with E-state index in [-0.39, 0.29) is 11.7 Å². The van der Waals surface area contributed by atoms with E-state index in [1.54, 1.807) is 4.90 Å². The van der Waals surface area contributed by atoms with Crippen molar-refractivity contribution in [2.75, 3.05) is 13.1 Å². The predicted octanol–water partition coefficient (Wildman–Crippen LogP) is 1.98. The van der Waals surface area contributed by atoms with E-state index in [2.05, 4.69) is 21.1 Å². The number of hydrogen-bond acceptors (Lipinski definition) is 3. The van der Waals surface area contributed by atoms with Crippen molar-refractivity contribution in [1.29, 1.82) is 0 Å². The Morgan fingerprint density at radius 3 is 2.84 bits per heavy atom. The Morgan fingerprint density at radius 2 is 2.26 bits per heavy atom. The van der Waals surface area contributed by atoms with Crippen molar-refractivity contribution >= 4 is 27.7 Å². The summed E-state index contributed by atoms with van der Waals surface area (Å²) in [5.74, 6) is 0.167. The summed E-state index contributed by atoms with van der Waals surface area (Å²) in [5.41, 5.74) is 6.36. The first-order valence-corrected chi connectivity index (χ1v) is 6.84. The van der Waals surface area contributed by atoms with Crippen LogP contribution in [0.1, 0.15) is 18.9 Å². The third-order valence-electron chi connectivity index (χ3n) is 2.75. The normalized spacial score (nSPS) is 11.4. The lowest BCUT2D eigenvalue weighted by Gasteiger charge is -2.20. The van der Waals surface area contributed by atoms with Crippen LogP contribution in [0.15, 0.2) is 33.9 Å². The molecule has 0 atom stereocenters. The van der Waals surface area contributed by atoms with Gasteiger partial charge in [-0.25, -0.2) is 0 Å². The number of nitrogens with zero attached hydrogens (tertiary/aromatic N) is 2. The van der Waals surface area contributed by atoms with E-state index in [9.17, 15) is 4.79 Å². The molecule has 1 aromatic rings. The van der Waals surface area contributed by atoms with Crippen LogP contribution in [-0.2, 0) is 11.2 Å². The SMILES string of the molecule is CCN(CCC(N)=NO)C(=O)Cc1cccc(Br)c1. The Labute approximate surface area is 121 Å². The lowest BCUT2D eigenvalue weighted by Crippen LogP contribution is -2.35. The number of carbonyl (C=O) groups is 1. The molecule has 1 amide bonds. The van der Waals surface area contributed by atoms with E-state index >= 15 is 0 Å². The van der Waals surface area contributed by atoms with Crippen molar-refractivity contribution in [2.24, 2.45) is 10.9 Å². The van der Waals surface area contributed by atoms with Gasteiger partial charge in [-0.2, -0.15) is 0 Å². The molecule has 0 saturated heterocycles. The van der Waals surface area contributed by atoms with Crippen LogP contribution in [0.3, 0.4) is 0 Å². The highest BCUT2D eigenvalue weighted by atomic mass is 79.9. The van der Waals surface area contributed by atoms with Gasteiger partial charge in [0.2, 0.25) is 5.91 Å². The fourth-order valence-corrected chi connectivity index (χ4v) is 2.14. The molecule has 19 heavy (non-hydrogen) atoms. The lowest BCUT2D eigenvalue weighted by atomic mass is 10.1. The molecule has 1 rings (SSSR count). The molecule has 0 aliphatic carbocycles. The molecular formula is C13H18BrN3O2. The zero-order valence-corrected chi connectivity index (χ0v) is 12.4. The smallest absolute Gasteiger partial charge is 0.226 e.